The Morgan fingerprint density at radius 2 is 1.60 bits per heavy atom. The van der Waals surface area contributed by atoms with E-state index in [2.05, 4.69) is 18.7 Å². The van der Waals surface area contributed by atoms with Gasteiger partial charge in [0.2, 0.25) is 0 Å². The standard InChI is InChI=1S/C14H29N.CH4O3S/c1-3-4-5-6-7-8-9-12-15-13-10-11-14(15)2;1-5(2,3)4/h14H,3-13H2,1-2H3;1H3,(H,2,3,4). The van der Waals surface area contributed by atoms with Gasteiger partial charge in [0.05, 0.1) is 6.26 Å². The number of hydrogen-bond donors (Lipinski definition) is 1. The van der Waals surface area contributed by atoms with Gasteiger partial charge in [-0.1, -0.05) is 45.4 Å². The molecule has 0 aromatic heterocycles. The van der Waals surface area contributed by atoms with Crippen molar-refractivity contribution in [1.29, 1.82) is 0 Å². The lowest BCUT2D eigenvalue weighted by Gasteiger charge is -2.20. The van der Waals surface area contributed by atoms with Crippen molar-refractivity contribution >= 4 is 10.1 Å². The molecule has 122 valence electrons. The molecule has 0 amide bonds. The fourth-order valence-electron chi connectivity index (χ4n) is 2.60. The Hall–Kier alpha value is -0.130. The molecule has 1 aliphatic heterocycles. The van der Waals surface area contributed by atoms with Crippen LogP contribution in [0.4, 0.5) is 0 Å². The molecule has 0 saturated carbocycles. The first kappa shape index (κ1) is 19.9. The third-order valence-electron chi connectivity index (χ3n) is 3.74. The molecule has 4 nitrogen and oxygen atoms in total. The fraction of sp³-hybridized carbons (Fsp3) is 1.00. The van der Waals surface area contributed by atoms with Crippen molar-refractivity contribution in [2.45, 2.75) is 77.7 Å². The van der Waals surface area contributed by atoms with E-state index in [1.807, 2.05) is 0 Å². The summed E-state index contributed by atoms with van der Waals surface area (Å²) in [6.07, 6.45) is 13.6. The van der Waals surface area contributed by atoms with Crippen LogP contribution in [0.15, 0.2) is 0 Å². The highest BCUT2D eigenvalue weighted by Crippen LogP contribution is 2.17. The minimum atomic E-state index is -3.67. The van der Waals surface area contributed by atoms with E-state index >= 15 is 0 Å². The fourth-order valence-corrected chi connectivity index (χ4v) is 2.60. The van der Waals surface area contributed by atoms with Crippen molar-refractivity contribution in [3.63, 3.8) is 0 Å². The van der Waals surface area contributed by atoms with E-state index in [1.54, 1.807) is 0 Å². The molecular weight excluding hydrogens is 274 g/mol. The summed E-state index contributed by atoms with van der Waals surface area (Å²) in [5, 5.41) is 0. The van der Waals surface area contributed by atoms with E-state index in [4.69, 9.17) is 4.55 Å². The molecule has 1 aliphatic rings. The van der Waals surface area contributed by atoms with E-state index < -0.39 is 10.1 Å². The molecule has 1 rings (SSSR count). The molecule has 0 aliphatic carbocycles. The first-order chi connectivity index (χ1) is 9.34. The van der Waals surface area contributed by atoms with Gasteiger partial charge in [0.25, 0.3) is 10.1 Å². The van der Waals surface area contributed by atoms with Crippen LogP contribution in [0.25, 0.3) is 0 Å². The molecule has 0 aromatic rings. The number of hydrogen-bond acceptors (Lipinski definition) is 3. The molecule has 1 fully saturated rings. The topological polar surface area (TPSA) is 57.6 Å². The zero-order chi connectivity index (χ0) is 15.4. The highest BCUT2D eigenvalue weighted by Gasteiger charge is 2.18. The largest absolute Gasteiger partial charge is 0.301 e. The van der Waals surface area contributed by atoms with E-state index in [-0.39, 0.29) is 0 Å². The van der Waals surface area contributed by atoms with Crippen LogP contribution in [0.2, 0.25) is 0 Å². The molecule has 1 N–H and O–H groups in total. The van der Waals surface area contributed by atoms with E-state index in [9.17, 15) is 8.42 Å². The molecule has 0 bridgehead atoms. The Kier molecular flexibility index (Phi) is 11.4. The number of rotatable bonds is 8. The maximum absolute atomic E-state index is 9.19. The third-order valence-corrected chi connectivity index (χ3v) is 3.74. The number of likely N-dealkylation sites (tertiary alicyclic amines) is 1. The average Bonchev–Trinajstić information content (AvgIpc) is 2.72. The minimum Gasteiger partial charge on any atom is -0.301 e. The smallest absolute Gasteiger partial charge is 0.261 e. The lowest BCUT2D eigenvalue weighted by Crippen LogP contribution is -2.27. The zero-order valence-electron chi connectivity index (χ0n) is 13.5. The average molecular weight is 308 g/mol. The first-order valence-corrected chi connectivity index (χ1v) is 9.86. The van der Waals surface area contributed by atoms with Gasteiger partial charge in [-0.05, 0) is 39.3 Å². The molecule has 5 heteroatoms. The van der Waals surface area contributed by atoms with Crippen molar-refractivity contribution in [2.75, 3.05) is 19.3 Å². The van der Waals surface area contributed by atoms with Crippen LogP contribution < -0.4 is 0 Å². The van der Waals surface area contributed by atoms with Crippen LogP contribution in [0.5, 0.6) is 0 Å². The van der Waals surface area contributed by atoms with Crippen LogP contribution in [-0.4, -0.2) is 43.3 Å². The molecule has 0 spiro atoms. The summed E-state index contributed by atoms with van der Waals surface area (Å²) in [7, 11) is -3.67. The highest BCUT2D eigenvalue weighted by atomic mass is 32.2. The zero-order valence-corrected chi connectivity index (χ0v) is 14.3. The van der Waals surface area contributed by atoms with Gasteiger partial charge in [0.1, 0.15) is 0 Å². The molecule has 1 unspecified atom stereocenters. The quantitative estimate of drug-likeness (QED) is 0.548. The summed E-state index contributed by atoms with van der Waals surface area (Å²) < 4.78 is 25.9. The van der Waals surface area contributed by atoms with Crippen LogP contribution in [0.3, 0.4) is 0 Å². The molecule has 1 saturated heterocycles. The molecule has 20 heavy (non-hydrogen) atoms. The second-order valence-electron chi connectivity index (χ2n) is 5.88. The van der Waals surface area contributed by atoms with Crippen LogP contribution in [0, 0.1) is 0 Å². The summed E-state index contributed by atoms with van der Waals surface area (Å²) in [5.41, 5.74) is 0. The number of nitrogens with zero attached hydrogens (tertiary/aromatic N) is 1. The summed E-state index contributed by atoms with van der Waals surface area (Å²) in [4.78, 5) is 2.67. The maximum Gasteiger partial charge on any atom is 0.261 e. The summed E-state index contributed by atoms with van der Waals surface area (Å²) >= 11 is 0. The predicted octanol–water partition coefficient (Wildman–Crippen LogP) is 3.73. The van der Waals surface area contributed by atoms with Gasteiger partial charge in [0, 0.05) is 6.04 Å². The Labute approximate surface area is 125 Å². The van der Waals surface area contributed by atoms with E-state index in [0.29, 0.717) is 6.26 Å². The van der Waals surface area contributed by atoms with Crippen molar-refractivity contribution in [1.82, 2.24) is 4.90 Å². The van der Waals surface area contributed by atoms with Gasteiger partial charge in [-0.2, -0.15) is 8.42 Å². The third kappa shape index (κ3) is 14.3. The molecule has 0 aromatic carbocycles. The van der Waals surface area contributed by atoms with Crippen molar-refractivity contribution in [3.05, 3.63) is 0 Å². The maximum atomic E-state index is 9.19. The predicted molar refractivity (Wildman–Crippen MR) is 85.7 cm³/mol. The van der Waals surface area contributed by atoms with E-state index in [0.717, 1.165) is 6.04 Å². The molecule has 1 atom stereocenters. The number of unbranched alkanes of at least 4 members (excludes halogenated alkanes) is 6. The SMILES string of the molecule is CCCCCCCCCN1CCCC1C.CS(=O)(=O)O. The van der Waals surface area contributed by atoms with Crippen LogP contribution in [0.1, 0.15) is 71.6 Å². The second-order valence-corrected chi connectivity index (χ2v) is 7.35. The van der Waals surface area contributed by atoms with Crippen molar-refractivity contribution in [2.24, 2.45) is 0 Å². The van der Waals surface area contributed by atoms with Crippen molar-refractivity contribution < 1.29 is 13.0 Å². The van der Waals surface area contributed by atoms with E-state index in [1.165, 1.54) is 70.9 Å². The van der Waals surface area contributed by atoms with Gasteiger partial charge in [-0.15, -0.1) is 0 Å². The van der Waals surface area contributed by atoms with Crippen molar-refractivity contribution in [3.8, 4) is 0 Å². The normalized spacial score (nSPS) is 19.7. The Balaban J connectivity index is 0.000000621. The van der Waals surface area contributed by atoms with Gasteiger partial charge in [0.15, 0.2) is 0 Å². The Morgan fingerprint density at radius 1 is 1.10 bits per heavy atom. The highest BCUT2D eigenvalue weighted by molar-refractivity contribution is 7.85. The lowest BCUT2D eigenvalue weighted by atomic mass is 10.1. The molecular formula is C15H33NO3S. The Bertz CT molecular complexity index is 309. The van der Waals surface area contributed by atoms with Gasteiger partial charge in [-0.25, -0.2) is 0 Å². The minimum absolute atomic E-state index is 0.715. The van der Waals surface area contributed by atoms with Crippen LogP contribution in [-0.2, 0) is 10.1 Å². The lowest BCUT2D eigenvalue weighted by molar-refractivity contribution is 0.262. The monoisotopic (exact) mass is 307 g/mol. The summed E-state index contributed by atoms with van der Waals surface area (Å²) in [6, 6.07) is 0.866. The van der Waals surface area contributed by atoms with Gasteiger partial charge < -0.3 is 4.90 Å². The second kappa shape index (κ2) is 11.5. The van der Waals surface area contributed by atoms with Gasteiger partial charge in [-0.3, -0.25) is 4.55 Å². The Morgan fingerprint density at radius 3 is 2.05 bits per heavy atom. The molecule has 0 radical (unpaired) electrons. The van der Waals surface area contributed by atoms with Crippen LogP contribution >= 0.6 is 0 Å². The summed E-state index contributed by atoms with van der Waals surface area (Å²) in [5.74, 6) is 0. The molecule has 1 heterocycles. The first-order valence-electron chi connectivity index (χ1n) is 8.01. The summed E-state index contributed by atoms with van der Waals surface area (Å²) in [6.45, 7) is 7.38. The van der Waals surface area contributed by atoms with Gasteiger partial charge >= 0.3 is 0 Å².